The van der Waals surface area contributed by atoms with Crippen molar-refractivity contribution >= 4 is 29.2 Å². The summed E-state index contributed by atoms with van der Waals surface area (Å²) in [6, 6.07) is 10.3. The molecule has 1 saturated heterocycles. The Bertz CT molecular complexity index is 751. The molecule has 0 saturated carbocycles. The van der Waals surface area contributed by atoms with Gasteiger partial charge in [-0.1, -0.05) is 41.4 Å². The predicted octanol–water partition coefficient (Wildman–Crippen LogP) is 4.77. The first-order valence-electron chi connectivity index (χ1n) is 7.66. The van der Waals surface area contributed by atoms with Crippen LogP contribution in [0.2, 0.25) is 10.0 Å². The van der Waals surface area contributed by atoms with Gasteiger partial charge in [-0.3, -0.25) is 9.69 Å². The number of hydrogen-bond donors (Lipinski definition) is 1. The van der Waals surface area contributed by atoms with Crippen LogP contribution >= 0.6 is 23.2 Å². The van der Waals surface area contributed by atoms with Gasteiger partial charge < -0.3 is 5.11 Å². The summed E-state index contributed by atoms with van der Waals surface area (Å²) in [6.45, 7) is 0.637. The van der Waals surface area contributed by atoms with E-state index in [0.717, 1.165) is 17.5 Å². The SMILES string of the molecule is O=C(O)C1CCCN1C(c1ccc(F)cc1)c1ccc(Cl)cc1Cl. The fraction of sp³-hybridized carbons (Fsp3) is 0.278. The Morgan fingerprint density at radius 2 is 1.92 bits per heavy atom. The Morgan fingerprint density at radius 1 is 1.21 bits per heavy atom. The van der Waals surface area contributed by atoms with Crippen LogP contribution in [0.1, 0.15) is 30.0 Å². The Labute approximate surface area is 149 Å². The normalized spacial score (nSPS) is 19.4. The third-order valence-electron chi connectivity index (χ3n) is 4.35. The van der Waals surface area contributed by atoms with Crippen LogP contribution in [0.3, 0.4) is 0 Å². The molecule has 2 unspecified atom stereocenters. The summed E-state index contributed by atoms with van der Waals surface area (Å²) in [4.78, 5) is 13.5. The average molecular weight is 368 g/mol. The summed E-state index contributed by atoms with van der Waals surface area (Å²) in [6.07, 6.45) is 1.37. The Kier molecular flexibility index (Phi) is 5.09. The molecule has 2 aromatic carbocycles. The zero-order valence-corrected chi connectivity index (χ0v) is 14.3. The Morgan fingerprint density at radius 3 is 2.54 bits per heavy atom. The molecule has 0 radical (unpaired) electrons. The van der Waals surface area contributed by atoms with Crippen molar-refractivity contribution < 1.29 is 14.3 Å². The van der Waals surface area contributed by atoms with Crippen molar-refractivity contribution in [2.45, 2.75) is 24.9 Å². The number of halogens is 3. The Hall–Kier alpha value is -1.62. The molecule has 0 aromatic heterocycles. The van der Waals surface area contributed by atoms with E-state index in [1.807, 2.05) is 4.90 Å². The number of rotatable bonds is 4. The predicted molar refractivity (Wildman–Crippen MR) is 92.1 cm³/mol. The molecule has 1 heterocycles. The molecule has 0 amide bonds. The standard InChI is InChI=1S/C18H16Cl2FNO2/c19-12-5-8-14(15(20)10-12)17(11-3-6-13(21)7-4-11)22-9-1-2-16(22)18(23)24/h3-8,10,16-17H,1-2,9H2,(H,23,24). The zero-order valence-electron chi connectivity index (χ0n) is 12.8. The highest BCUT2D eigenvalue weighted by molar-refractivity contribution is 6.35. The van der Waals surface area contributed by atoms with Crippen molar-refractivity contribution in [2.75, 3.05) is 6.54 Å². The molecule has 3 nitrogen and oxygen atoms in total. The van der Waals surface area contributed by atoms with E-state index in [4.69, 9.17) is 23.2 Å². The highest BCUT2D eigenvalue weighted by Crippen LogP contribution is 2.38. The zero-order chi connectivity index (χ0) is 17.3. The molecule has 0 aliphatic carbocycles. The summed E-state index contributed by atoms with van der Waals surface area (Å²) in [5.41, 5.74) is 1.56. The van der Waals surface area contributed by atoms with E-state index in [2.05, 4.69) is 0 Å². The van der Waals surface area contributed by atoms with Crippen molar-refractivity contribution in [1.29, 1.82) is 0 Å². The van der Waals surface area contributed by atoms with Crippen molar-refractivity contribution in [2.24, 2.45) is 0 Å². The largest absolute Gasteiger partial charge is 0.480 e. The van der Waals surface area contributed by atoms with Crippen LogP contribution in [0.25, 0.3) is 0 Å². The number of benzene rings is 2. The van der Waals surface area contributed by atoms with Crippen LogP contribution < -0.4 is 0 Å². The number of carboxylic acid groups (broad SMARTS) is 1. The van der Waals surface area contributed by atoms with Crippen molar-refractivity contribution in [3.05, 3.63) is 69.5 Å². The fourth-order valence-electron chi connectivity index (χ4n) is 3.28. The third-order valence-corrected chi connectivity index (χ3v) is 4.92. The number of carbonyl (C=O) groups is 1. The molecule has 2 atom stereocenters. The van der Waals surface area contributed by atoms with Crippen LogP contribution in [0.5, 0.6) is 0 Å². The molecular formula is C18H16Cl2FNO2. The lowest BCUT2D eigenvalue weighted by Gasteiger charge is -2.32. The minimum absolute atomic E-state index is 0.337. The first kappa shape index (κ1) is 17.2. The lowest BCUT2D eigenvalue weighted by molar-refractivity contribution is -0.142. The number of hydrogen-bond acceptors (Lipinski definition) is 2. The third kappa shape index (κ3) is 3.41. The molecular weight excluding hydrogens is 352 g/mol. The van der Waals surface area contributed by atoms with Crippen LogP contribution in [0.4, 0.5) is 4.39 Å². The molecule has 3 rings (SSSR count). The van der Waals surface area contributed by atoms with Gasteiger partial charge in [0.05, 0.1) is 6.04 Å². The number of aliphatic carboxylic acids is 1. The molecule has 1 aliphatic heterocycles. The fourth-order valence-corrected chi connectivity index (χ4v) is 3.79. The van der Waals surface area contributed by atoms with E-state index in [0.29, 0.717) is 23.0 Å². The van der Waals surface area contributed by atoms with E-state index >= 15 is 0 Å². The molecule has 1 aliphatic rings. The van der Waals surface area contributed by atoms with Crippen LogP contribution in [0.15, 0.2) is 42.5 Å². The maximum atomic E-state index is 13.3. The van der Waals surface area contributed by atoms with Crippen LogP contribution in [0, 0.1) is 5.82 Å². The van der Waals surface area contributed by atoms with Crippen LogP contribution in [-0.2, 0) is 4.79 Å². The molecule has 0 bridgehead atoms. The molecule has 2 aromatic rings. The quantitative estimate of drug-likeness (QED) is 0.845. The molecule has 24 heavy (non-hydrogen) atoms. The van der Waals surface area contributed by atoms with Crippen molar-refractivity contribution in [3.8, 4) is 0 Å². The first-order chi connectivity index (χ1) is 11.5. The van der Waals surface area contributed by atoms with E-state index in [1.54, 1.807) is 30.3 Å². The maximum absolute atomic E-state index is 13.3. The van der Waals surface area contributed by atoms with Gasteiger partial charge in [-0.2, -0.15) is 0 Å². The van der Waals surface area contributed by atoms with Gasteiger partial charge in [0, 0.05) is 16.6 Å². The summed E-state index contributed by atoms with van der Waals surface area (Å²) in [7, 11) is 0. The molecule has 6 heteroatoms. The number of carboxylic acids is 1. The number of nitrogens with zero attached hydrogens (tertiary/aromatic N) is 1. The second kappa shape index (κ2) is 7.09. The van der Waals surface area contributed by atoms with Gasteiger partial charge in [-0.25, -0.2) is 4.39 Å². The molecule has 1 N–H and O–H groups in total. The topological polar surface area (TPSA) is 40.5 Å². The summed E-state index contributed by atoms with van der Waals surface area (Å²) in [5, 5.41) is 10.5. The summed E-state index contributed by atoms with van der Waals surface area (Å²) >= 11 is 12.4. The van der Waals surface area contributed by atoms with E-state index in [-0.39, 0.29) is 11.9 Å². The highest BCUT2D eigenvalue weighted by Gasteiger charge is 2.37. The van der Waals surface area contributed by atoms with Gasteiger partial charge >= 0.3 is 5.97 Å². The van der Waals surface area contributed by atoms with Crippen LogP contribution in [-0.4, -0.2) is 28.6 Å². The molecule has 126 valence electrons. The smallest absolute Gasteiger partial charge is 0.320 e. The monoisotopic (exact) mass is 367 g/mol. The van der Waals surface area contributed by atoms with E-state index in [9.17, 15) is 14.3 Å². The van der Waals surface area contributed by atoms with E-state index in [1.165, 1.54) is 12.1 Å². The van der Waals surface area contributed by atoms with Gasteiger partial charge in [-0.15, -0.1) is 0 Å². The van der Waals surface area contributed by atoms with Gasteiger partial charge in [0.15, 0.2) is 0 Å². The van der Waals surface area contributed by atoms with Gasteiger partial charge in [0.2, 0.25) is 0 Å². The lowest BCUT2D eigenvalue weighted by Crippen LogP contribution is -2.39. The minimum Gasteiger partial charge on any atom is -0.480 e. The second-order valence-corrected chi connectivity index (χ2v) is 6.70. The van der Waals surface area contributed by atoms with Gasteiger partial charge in [-0.05, 0) is 48.2 Å². The van der Waals surface area contributed by atoms with Gasteiger partial charge in [0.1, 0.15) is 11.9 Å². The lowest BCUT2D eigenvalue weighted by atomic mass is 9.96. The highest BCUT2D eigenvalue weighted by atomic mass is 35.5. The Balaban J connectivity index is 2.10. The average Bonchev–Trinajstić information content (AvgIpc) is 3.01. The number of likely N-dealkylation sites (tertiary alicyclic amines) is 1. The maximum Gasteiger partial charge on any atom is 0.320 e. The minimum atomic E-state index is -0.857. The second-order valence-electron chi connectivity index (χ2n) is 5.85. The summed E-state index contributed by atoms with van der Waals surface area (Å²) in [5.74, 6) is -1.19. The first-order valence-corrected chi connectivity index (χ1v) is 8.42. The summed E-state index contributed by atoms with van der Waals surface area (Å²) < 4.78 is 13.3. The van der Waals surface area contributed by atoms with Crippen molar-refractivity contribution in [1.82, 2.24) is 4.90 Å². The van der Waals surface area contributed by atoms with E-state index < -0.39 is 12.0 Å². The van der Waals surface area contributed by atoms with Gasteiger partial charge in [0.25, 0.3) is 0 Å². The molecule has 0 spiro atoms. The molecule has 1 fully saturated rings. The van der Waals surface area contributed by atoms with Crippen molar-refractivity contribution in [3.63, 3.8) is 0 Å².